The molecule has 0 saturated carbocycles. The van der Waals surface area contributed by atoms with E-state index in [-0.39, 0.29) is 6.03 Å². The molecule has 0 aliphatic rings. The van der Waals surface area contributed by atoms with Crippen LogP contribution in [0.4, 0.5) is 10.5 Å². The standard InChI is InChI=1S/C16H15ClN4O/c1-21-14-8-3-2-7-13(14)20-15(21)10-18-16(22)19-12-6-4-5-11(17)9-12/h2-9H,10H2,1H3,(H2,18,19,22). The van der Waals surface area contributed by atoms with Crippen molar-refractivity contribution in [2.24, 2.45) is 7.05 Å². The molecule has 3 rings (SSSR count). The number of para-hydroxylation sites is 2. The third-order valence-corrected chi connectivity index (χ3v) is 3.60. The fourth-order valence-electron chi connectivity index (χ4n) is 2.25. The Morgan fingerprint density at radius 1 is 1.23 bits per heavy atom. The minimum atomic E-state index is -0.297. The molecule has 5 nitrogen and oxygen atoms in total. The molecule has 2 N–H and O–H groups in total. The van der Waals surface area contributed by atoms with Crippen LogP contribution in [0.25, 0.3) is 11.0 Å². The van der Waals surface area contributed by atoms with E-state index in [1.165, 1.54) is 0 Å². The second kappa shape index (κ2) is 6.07. The molecule has 2 aromatic carbocycles. The Bertz CT molecular complexity index is 828. The van der Waals surface area contributed by atoms with Crippen LogP contribution in [-0.2, 0) is 13.6 Å². The van der Waals surface area contributed by atoms with Gasteiger partial charge in [-0.3, -0.25) is 0 Å². The fraction of sp³-hybridized carbons (Fsp3) is 0.125. The zero-order valence-corrected chi connectivity index (χ0v) is 12.8. The lowest BCUT2D eigenvalue weighted by Crippen LogP contribution is -2.29. The van der Waals surface area contributed by atoms with E-state index >= 15 is 0 Å². The van der Waals surface area contributed by atoms with Gasteiger partial charge in [0.1, 0.15) is 5.82 Å². The smallest absolute Gasteiger partial charge is 0.319 e. The molecular formula is C16H15ClN4O. The topological polar surface area (TPSA) is 59.0 Å². The monoisotopic (exact) mass is 314 g/mol. The number of anilines is 1. The summed E-state index contributed by atoms with van der Waals surface area (Å²) in [6, 6.07) is 14.6. The second-order valence-corrected chi connectivity index (χ2v) is 5.33. The zero-order chi connectivity index (χ0) is 15.5. The lowest BCUT2D eigenvalue weighted by Gasteiger charge is -2.08. The van der Waals surface area contributed by atoms with Crippen molar-refractivity contribution >= 4 is 34.4 Å². The molecule has 0 atom stereocenters. The summed E-state index contributed by atoms with van der Waals surface area (Å²) in [7, 11) is 1.93. The van der Waals surface area contributed by atoms with Crippen LogP contribution in [0.1, 0.15) is 5.82 Å². The summed E-state index contributed by atoms with van der Waals surface area (Å²) >= 11 is 5.88. The average molecular weight is 315 g/mol. The molecule has 0 saturated heterocycles. The van der Waals surface area contributed by atoms with Crippen molar-refractivity contribution in [2.75, 3.05) is 5.32 Å². The summed E-state index contributed by atoms with van der Waals surface area (Å²) in [6.45, 7) is 0.345. The number of carbonyl (C=O) groups is 1. The van der Waals surface area contributed by atoms with Crippen molar-refractivity contribution in [1.29, 1.82) is 0 Å². The number of hydrogen-bond donors (Lipinski definition) is 2. The Labute approximate surface area is 132 Å². The van der Waals surface area contributed by atoms with Crippen LogP contribution < -0.4 is 10.6 Å². The van der Waals surface area contributed by atoms with Gasteiger partial charge in [0.05, 0.1) is 17.6 Å². The Kier molecular flexibility index (Phi) is 3.98. The molecule has 22 heavy (non-hydrogen) atoms. The summed E-state index contributed by atoms with van der Waals surface area (Å²) in [5, 5.41) is 6.10. The second-order valence-electron chi connectivity index (χ2n) is 4.89. The maximum atomic E-state index is 11.9. The van der Waals surface area contributed by atoms with Gasteiger partial charge in [-0.1, -0.05) is 29.8 Å². The van der Waals surface area contributed by atoms with E-state index in [2.05, 4.69) is 15.6 Å². The molecule has 3 aromatic rings. The van der Waals surface area contributed by atoms with Crippen LogP contribution in [0.5, 0.6) is 0 Å². The molecule has 0 aliphatic carbocycles. The van der Waals surface area contributed by atoms with Crippen LogP contribution in [0, 0.1) is 0 Å². The first kappa shape index (κ1) is 14.4. The lowest BCUT2D eigenvalue weighted by molar-refractivity contribution is 0.251. The highest BCUT2D eigenvalue weighted by molar-refractivity contribution is 6.30. The number of aryl methyl sites for hydroxylation is 1. The summed E-state index contributed by atoms with van der Waals surface area (Å²) in [6.07, 6.45) is 0. The number of aromatic nitrogens is 2. The van der Waals surface area contributed by atoms with Gasteiger partial charge in [0.2, 0.25) is 0 Å². The molecule has 1 aromatic heterocycles. The molecule has 0 aliphatic heterocycles. The Morgan fingerprint density at radius 3 is 2.82 bits per heavy atom. The van der Waals surface area contributed by atoms with Gasteiger partial charge < -0.3 is 15.2 Å². The average Bonchev–Trinajstić information content (AvgIpc) is 2.82. The van der Waals surface area contributed by atoms with Gasteiger partial charge in [0.15, 0.2) is 0 Å². The maximum absolute atomic E-state index is 11.9. The predicted octanol–water partition coefficient (Wildman–Crippen LogP) is 3.55. The Morgan fingerprint density at radius 2 is 2.05 bits per heavy atom. The predicted molar refractivity (Wildman–Crippen MR) is 88.0 cm³/mol. The van der Waals surface area contributed by atoms with E-state index in [1.54, 1.807) is 24.3 Å². The van der Waals surface area contributed by atoms with Gasteiger partial charge in [-0.25, -0.2) is 9.78 Å². The van der Waals surface area contributed by atoms with Crippen molar-refractivity contribution in [1.82, 2.24) is 14.9 Å². The van der Waals surface area contributed by atoms with E-state index in [0.29, 0.717) is 17.3 Å². The number of carbonyl (C=O) groups excluding carboxylic acids is 1. The number of benzene rings is 2. The van der Waals surface area contributed by atoms with Gasteiger partial charge in [0.25, 0.3) is 0 Å². The molecule has 2 amide bonds. The quantitative estimate of drug-likeness (QED) is 0.776. The SMILES string of the molecule is Cn1c(CNC(=O)Nc2cccc(Cl)c2)nc2ccccc21. The first-order chi connectivity index (χ1) is 10.6. The molecule has 112 valence electrons. The molecule has 0 bridgehead atoms. The van der Waals surface area contributed by atoms with Crippen LogP contribution in [-0.4, -0.2) is 15.6 Å². The summed E-state index contributed by atoms with van der Waals surface area (Å²) in [5.74, 6) is 0.794. The highest BCUT2D eigenvalue weighted by atomic mass is 35.5. The van der Waals surface area contributed by atoms with Crippen molar-refractivity contribution in [2.45, 2.75) is 6.54 Å². The number of halogens is 1. The number of imidazole rings is 1. The van der Waals surface area contributed by atoms with Gasteiger partial charge in [0, 0.05) is 17.8 Å². The molecule has 6 heteroatoms. The minimum absolute atomic E-state index is 0.297. The first-order valence-corrected chi connectivity index (χ1v) is 7.22. The van der Waals surface area contributed by atoms with Crippen LogP contribution in [0.3, 0.4) is 0 Å². The molecule has 0 fully saturated rings. The third-order valence-electron chi connectivity index (χ3n) is 3.37. The number of nitrogens with zero attached hydrogens (tertiary/aromatic N) is 2. The number of urea groups is 1. The van der Waals surface area contributed by atoms with E-state index in [4.69, 9.17) is 11.6 Å². The van der Waals surface area contributed by atoms with Gasteiger partial charge in [-0.05, 0) is 30.3 Å². The van der Waals surface area contributed by atoms with Crippen LogP contribution >= 0.6 is 11.6 Å². The van der Waals surface area contributed by atoms with Crippen LogP contribution in [0.2, 0.25) is 5.02 Å². The molecule has 0 spiro atoms. The van der Waals surface area contributed by atoms with E-state index in [9.17, 15) is 4.79 Å². The van der Waals surface area contributed by atoms with Gasteiger partial charge in [-0.15, -0.1) is 0 Å². The van der Waals surface area contributed by atoms with Crippen molar-refractivity contribution in [3.63, 3.8) is 0 Å². The van der Waals surface area contributed by atoms with Gasteiger partial charge >= 0.3 is 6.03 Å². The normalized spacial score (nSPS) is 10.6. The number of amides is 2. The first-order valence-electron chi connectivity index (χ1n) is 6.84. The van der Waals surface area contributed by atoms with E-state index in [0.717, 1.165) is 16.9 Å². The Balaban J connectivity index is 1.66. The van der Waals surface area contributed by atoms with Crippen molar-refractivity contribution in [3.8, 4) is 0 Å². The Hall–Kier alpha value is -2.53. The van der Waals surface area contributed by atoms with Crippen LogP contribution in [0.15, 0.2) is 48.5 Å². The summed E-state index contributed by atoms with van der Waals surface area (Å²) < 4.78 is 1.97. The zero-order valence-electron chi connectivity index (χ0n) is 12.0. The van der Waals surface area contributed by atoms with E-state index < -0.39 is 0 Å². The molecule has 0 radical (unpaired) electrons. The molecular weight excluding hydrogens is 300 g/mol. The minimum Gasteiger partial charge on any atom is -0.331 e. The number of hydrogen-bond acceptors (Lipinski definition) is 2. The maximum Gasteiger partial charge on any atom is 0.319 e. The summed E-state index contributed by atoms with van der Waals surface area (Å²) in [5.41, 5.74) is 2.60. The third kappa shape index (κ3) is 3.04. The van der Waals surface area contributed by atoms with Gasteiger partial charge in [-0.2, -0.15) is 0 Å². The lowest BCUT2D eigenvalue weighted by atomic mass is 10.3. The molecule has 1 heterocycles. The number of rotatable bonds is 3. The number of fused-ring (bicyclic) bond motifs is 1. The fourth-order valence-corrected chi connectivity index (χ4v) is 2.44. The highest BCUT2D eigenvalue weighted by Crippen LogP contribution is 2.15. The molecule has 0 unspecified atom stereocenters. The largest absolute Gasteiger partial charge is 0.331 e. The highest BCUT2D eigenvalue weighted by Gasteiger charge is 2.08. The van der Waals surface area contributed by atoms with Crippen molar-refractivity contribution < 1.29 is 4.79 Å². The van der Waals surface area contributed by atoms with Crippen molar-refractivity contribution in [3.05, 3.63) is 59.4 Å². The van der Waals surface area contributed by atoms with E-state index in [1.807, 2.05) is 35.9 Å². The number of nitrogens with one attached hydrogen (secondary N) is 2. The summed E-state index contributed by atoms with van der Waals surface area (Å²) in [4.78, 5) is 16.4.